The zero-order valence-electron chi connectivity index (χ0n) is 10.6. The molecule has 0 aliphatic heterocycles. The molecule has 0 bridgehead atoms. The Labute approximate surface area is 111 Å². The minimum absolute atomic E-state index is 0.0325. The molecule has 1 aromatic rings. The van der Waals surface area contributed by atoms with E-state index in [4.69, 9.17) is 10.5 Å². The first-order valence-electron chi connectivity index (χ1n) is 5.30. The van der Waals surface area contributed by atoms with Crippen molar-refractivity contribution in [2.45, 2.75) is 4.90 Å². The third-order valence-electron chi connectivity index (χ3n) is 2.51. The molecule has 1 rings (SSSR count). The second kappa shape index (κ2) is 5.95. The second-order valence-electron chi connectivity index (χ2n) is 3.80. The van der Waals surface area contributed by atoms with Gasteiger partial charge in [-0.1, -0.05) is 0 Å². The topological polar surface area (TPSA) is 116 Å². The van der Waals surface area contributed by atoms with Gasteiger partial charge in [-0.05, 0) is 6.07 Å². The molecule has 0 aliphatic carbocycles. The van der Waals surface area contributed by atoms with E-state index in [1.807, 2.05) is 0 Å². The summed E-state index contributed by atoms with van der Waals surface area (Å²) >= 11 is 0. The van der Waals surface area contributed by atoms with E-state index in [9.17, 15) is 18.5 Å². The van der Waals surface area contributed by atoms with Crippen LogP contribution in [0.2, 0.25) is 0 Å². The summed E-state index contributed by atoms with van der Waals surface area (Å²) < 4.78 is 30.2. The van der Waals surface area contributed by atoms with Gasteiger partial charge < -0.3 is 10.5 Å². The van der Waals surface area contributed by atoms with E-state index < -0.39 is 14.9 Å². The summed E-state index contributed by atoms with van der Waals surface area (Å²) in [5.41, 5.74) is 5.22. The van der Waals surface area contributed by atoms with Gasteiger partial charge in [0.25, 0.3) is 5.69 Å². The predicted molar refractivity (Wildman–Crippen MR) is 69.2 cm³/mol. The van der Waals surface area contributed by atoms with E-state index in [1.54, 1.807) is 0 Å². The summed E-state index contributed by atoms with van der Waals surface area (Å²) in [6.45, 7) is 0.339. The maximum Gasteiger partial charge on any atom is 0.270 e. The third kappa shape index (κ3) is 3.40. The highest BCUT2D eigenvalue weighted by atomic mass is 32.2. The SMILES string of the molecule is COCCN(C)S(=O)(=O)c1cc([N+](=O)[O-])ccc1N. The third-order valence-corrected chi connectivity index (χ3v) is 4.42. The number of likely N-dealkylation sites (N-methyl/N-ethyl adjacent to an activating group) is 1. The molecular weight excluding hydrogens is 274 g/mol. The molecule has 106 valence electrons. The number of nitrogens with zero attached hydrogens (tertiary/aromatic N) is 2. The Hall–Kier alpha value is -1.71. The number of sulfonamides is 1. The molecule has 0 fully saturated rings. The number of nitrogen functional groups attached to an aromatic ring is 1. The zero-order chi connectivity index (χ0) is 14.6. The molecular formula is C10H15N3O5S. The number of rotatable bonds is 6. The van der Waals surface area contributed by atoms with Crippen molar-refractivity contribution in [3.8, 4) is 0 Å². The van der Waals surface area contributed by atoms with E-state index in [0.29, 0.717) is 0 Å². The molecule has 0 atom stereocenters. The highest BCUT2D eigenvalue weighted by Gasteiger charge is 2.25. The molecule has 0 spiro atoms. The van der Waals surface area contributed by atoms with Crippen molar-refractivity contribution in [3.63, 3.8) is 0 Å². The van der Waals surface area contributed by atoms with E-state index in [2.05, 4.69) is 0 Å². The fraction of sp³-hybridized carbons (Fsp3) is 0.400. The number of hydrogen-bond acceptors (Lipinski definition) is 6. The van der Waals surface area contributed by atoms with Crippen molar-refractivity contribution < 1.29 is 18.1 Å². The van der Waals surface area contributed by atoms with Crippen LogP contribution in [0.15, 0.2) is 23.1 Å². The molecule has 0 amide bonds. The van der Waals surface area contributed by atoms with Crippen LogP contribution in [0.4, 0.5) is 11.4 Å². The number of nitrogens with two attached hydrogens (primary N) is 1. The fourth-order valence-electron chi connectivity index (χ4n) is 1.37. The van der Waals surface area contributed by atoms with E-state index in [1.165, 1.54) is 20.2 Å². The lowest BCUT2D eigenvalue weighted by Crippen LogP contribution is -2.30. The standard InChI is InChI=1S/C10H15N3O5S/c1-12(5-6-18-2)19(16,17)10-7-8(13(14)15)3-4-9(10)11/h3-4,7H,5-6,11H2,1-2H3. The fourth-order valence-corrected chi connectivity index (χ4v) is 2.65. The number of nitro benzene ring substituents is 1. The molecule has 1 aromatic carbocycles. The van der Waals surface area contributed by atoms with Gasteiger partial charge in [0.2, 0.25) is 10.0 Å². The molecule has 0 unspecified atom stereocenters. The Morgan fingerprint density at radius 2 is 2.11 bits per heavy atom. The van der Waals surface area contributed by atoms with Gasteiger partial charge >= 0.3 is 0 Å². The zero-order valence-corrected chi connectivity index (χ0v) is 11.4. The quantitative estimate of drug-likeness (QED) is 0.461. The first kappa shape index (κ1) is 15.3. The summed E-state index contributed by atoms with van der Waals surface area (Å²) in [5.74, 6) is 0. The van der Waals surface area contributed by atoms with E-state index in [0.717, 1.165) is 16.4 Å². The number of non-ortho nitro benzene ring substituents is 1. The molecule has 0 saturated carbocycles. The number of benzene rings is 1. The minimum atomic E-state index is -3.87. The van der Waals surface area contributed by atoms with Crippen LogP contribution in [-0.4, -0.2) is 45.0 Å². The highest BCUT2D eigenvalue weighted by molar-refractivity contribution is 7.89. The van der Waals surface area contributed by atoms with Crippen molar-refractivity contribution in [1.29, 1.82) is 0 Å². The van der Waals surface area contributed by atoms with Gasteiger partial charge in [0.1, 0.15) is 4.90 Å². The summed E-state index contributed by atoms with van der Waals surface area (Å²) in [6, 6.07) is 3.31. The Bertz CT molecular complexity index is 573. The van der Waals surface area contributed by atoms with Crippen molar-refractivity contribution >= 4 is 21.4 Å². The Balaban J connectivity index is 3.20. The van der Waals surface area contributed by atoms with Crippen LogP contribution in [0.1, 0.15) is 0 Å². The van der Waals surface area contributed by atoms with Gasteiger partial charge in [-0.2, -0.15) is 4.31 Å². The number of hydrogen-bond donors (Lipinski definition) is 1. The number of anilines is 1. The van der Waals surface area contributed by atoms with Crippen LogP contribution < -0.4 is 5.73 Å². The van der Waals surface area contributed by atoms with Crippen LogP contribution in [0.3, 0.4) is 0 Å². The Morgan fingerprint density at radius 1 is 1.47 bits per heavy atom. The summed E-state index contributed by atoms with van der Waals surface area (Å²) in [4.78, 5) is 9.72. The molecule has 0 aliphatic rings. The first-order chi connectivity index (χ1) is 8.80. The number of nitro groups is 1. The van der Waals surface area contributed by atoms with Gasteiger partial charge in [-0.3, -0.25) is 10.1 Å². The molecule has 19 heavy (non-hydrogen) atoms. The largest absolute Gasteiger partial charge is 0.398 e. The molecule has 0 radical (unpaired) electrons. The van der Waals surface area contributed by atoms with E-state index in [-0.39, 0.29) is 29.4 Å². The molecule has 8 nitrogen and oxygen atoms in total. The average molecular weight is 289 g/mol. The van der Waals surface area contributed by atoms with Gasteiger partial charge in [-0.15, -0.1) is 0 Å². The second-order valence-corrected chi connectivity index (χ2v) is 5.81. The molecule has 9 heteroatoms. The lowest BCUT2D eigenvalue weighted by molar-refractivity contribution is -0.385. The lowest BCUT2D eigenvalue weighted by Gasteiger charge is -2.17. The summed E-state index contributed by atoms with van der Waals surface area (Å²) in [5, 5.41) is 10.7. The Kier molecular flexibility index (Phi) is 4.81. The Morgan fingerprint density at radius 3 is 2.63 bits per heavy atom. The molecule has 2 N–H and O–H groups in total. The summed E-state index contributed by atoms with van der Waals surface area (Å²) in [6.07, 6.45) is 0. The van der Waals surface area contributed by atoms with Gasteiger partial charge in [0, 0.05) is 32.8 Å². The first-order valence-corrected chi connectivity index (χ1v) is 6.74. The van der Waals surface area contributed by atoms with Crippen LogP contribution in [-0.2, 0) is 14.8 Å². The van der Waals surface area contributed by atoms with Crippen LogP contribution >= 0.6 is 0 Å². The van der Waals surface area contributed by atoms with E-state index >= 15 is 0 Å². The molecule has 0 saturated heterocycles. The van der Waals surface area contributed by atoms with Gasteiger partial charge in [-0.25, -0.2) is 8.42 Å². The lowest BCUT2D eigenvalue weighted by atomic mass is 10.3. The number of methoxy groups -OCH3 is 1. The monoisotopic (exact) mass is 289 g/mol. The highest BCUT2D eigenvalue weighted by Crippen LogP contribution is 2.26. The van der Waals surface area contributed by atoms with Crippen molar-refractivity contribution in [2.75, 3.05) is 33.0 Å². The number of ether oxygens (including phenoxy) is 1. The molecule has 0 aromatic heterocycles. The predicted octanol–water partition coefficient (Wildman–Crippen LogP) is 0.444. The molecule has 0 heterocycles. The van der Waals surface area contributed by atoms with Crippen LogP contribution in [0.5, 0.6) is 0 Å². The van der Waals surface area contributed by atoms with Gasteiger partial charge in [0.15, 0.2) is 0 Å². The maximum atomic E-state index is 12.2. The average Bonchev–Trinajstić information content (AvgIpc) is 2.35. The summed E-state index contributed by atoms with van der Waals surface area (Å²) in [7, 11) is -1.07. The minimum Gasteiger partial charge on any atom is -0.398 e. The van der Waals surface area contributed by atoms with Crippen molar-refractivity contribution in [1.82, 2.24) is 4.31 Å². The van der Waals surface area contributed by atoms with Crippen LogP contribution in [0, 0.1) is 10.1 Å². The van der Waals surface area contributed by atoms with Crippen LogP contribution in [0.25, 0.3) is 0 Å². The normalized spacial score (nSPS) is 11.7. The van der Waals surface area contributed by atoms with Crippen molar-refractivity contribution in [3.05, 3.63) is 28.3 Å². The van der Waals surface area contributed by atoms with Gasteiger partial charge in [0.05, 0.1) is 17.2 Å². The maximum absolute atomic E-state index is 12.2. The van der Waals surface area contributed by atoms with Crippen molar-refractivity contribution in [2.24, 2.45) is 0 Å². The smallest absolute Gasteiger partial charge is 0.270 e.